The minimum Gasteiger partial charge on any atom is -0.480 e. The molecule has 1 N–H and O–H groups in total. The molecule has 1 atom stereocenters. The fourth-order valence-corrected chi connectivity index (χ4v) is 4.22. The largest absolute Gasteiger partial charge is 0.480 e. The average molecular weight is 497 g/mol. The van der Waals surface area contributed by atoms with E-state index in [-0.39, 0.29) is 17.4 Å². The predicted octanol–water partition coefficient (Wildman–Crippen LogP) is 6.24. The van der Waals surface area contributed by atoms with Gasteiger partial charge in [-0.2, -0.15) is 0 Å². The maximum Gasteiger partial charge on any atom is 0.234 e. The Hall–Kier alpha value is -3.36. The Morgan fingerprint density at radius 2 is 1.85 bits per heavy atom. The highest BCUT2D eigenvalue weighted by Crippen LogP contribution is 2.29. The molecule has 0 bridgehead atoms. The normalized spacial score (nSPS) is 11.8. The highest BCUT2D eigenvalue weighted by atomic mass is 35.5. The zero-order valence-corrected chi connectivity index (χ0v) is 20.1. The van der Waals surface area contributed by atoms with Crippen LogP contribution in [0.4, 0.5) is 10.1 Å². The molecular weight excluding hydrogens is 475 g/mol. The summed E-state index contributed by atoms with van der Waals surface area (Å²) in [5.41, 5.74) is 2.38. The highest BCUT2D eigenvalue weighted by molar-refractivity contribution is 7.99. The van der Waals surface area contributed by atoms with Crippen molar-refractivity contribution in [2.45, 2.75) is 25.1 Å². The van der Waals surface area contributed by atoms with Crippen LogP contribution in [0.5, 0.6) is 5.75 Å². The average Bonchev–Trinajstić information content (AvgIpc) is 3.26. The Morgan fingerprint density at radius 3 is 2.62 bits per heavy atom. The number of amides is 1. The highest BCUT2D eigenvalue weighted by Gasteiger charge is 2.22. The van der Waals surface area contributed by atoms with Crippen LogP contribution in [0.3, 0.4) is 0 Å². The van der Waals surface area contributed by atoms with Crippen LogP contribution in [0, 0.1) is 12.7 Å². The summed E-state index contributed by atoms with van der Waals surface area (Å²) in [6.45, 7) is 3.67. The van der Waals surface area contributed by atoms with E-state index in [1.54, 1.807) is 37.3 Å². The van der Waals surface area contributed by atoms with Gasteiger partial charge in [0.25, 0.3) is 0 Å². The molecule has 0 saturated carbocycles. The van der Waals surface area contributed by atoms with Crippen molar-refractivity contribution in [3.63, 3.8) is 0 Å². The molecule has 0 aliphatic heterocycles. The van der Waals surface area contributed by atoms with Gasteiger partial charge in [-0.1, -0.05) is 59.8 Å². The fraction of sp³-hybridized carbons (Fsp3) is 0.160. The standard InChI is InChI=1S/C25H22ClFN4O2S/c1-16-12-13-18(26)14-21(16)28-23(32)15-34-25-30-29-24(31(25)19-8-4-3-5-9-19)17(2)33-22-11-7-6-10-20(22)27/h3-14,17H,15H2,1-2H3,(H,28,32). The van der Waals surface area contributed by atoms with Gasteiger partial charge in [-0.25, -0.2) is 4.39 Å². The van der Waals surface area contributed by atoms with E-state index in [0.717, 1.165) is 11.3 Å². The molecule has 0 saturated heterocycles. The Balaban J connectivity index is 1.55. The zero-order chi connectivity index (χ0) is 24.1. The van der Waals surface area contributed by atoms with Gasteiger partial charge in [0, 0.05) is 16.4 Å². The summed E-state index contributed by atoms with van der Waals surface area (Å²) in [5, 5.41) is 12.5. The maximum absolute atomic E-state index is 14.1. The van der Waals surface area contributed by atoms with E-state index < -0.39 is 11.9 Å². The number of anilines is 1. The second kappa shape index (κ2) is 10.7. The SMILES string of the molecule is Cc1ccc(Cl)cc1NC(=O)CSc1nnc(C(C)Oc2ccccc2F)n1-c1ccccc1. The van der Waals surface area contributed by atoms with Gasteiger partial charge in [-0.15, -0.1) is 10.2 Å². The maximum atomic E-state index is 14.1. The van der Waals surface area contributed by atoms with Crippen molar-refractivity contribution in [2.24, 2.45) is 0 Å². The van der Waals surface area contributed by atoms with E-state index in [1.165, 1.54) is 17.8 Å². The number of aromatic nitrogens is 3. The number of para-hydroxylation sites is 2. The van der Waals surface area contributed by atoms with Gasteiger partial charge in [0.05, 0.1) is 5.75 Å². The van der Waals surface area contributed by atoms with E-state index in [0.29, 0.717) is 21.7 Å². The second-order valence-corrected chi connectivity index (χ2v) is 8.88. The number of nitrogens with one attached hydrogen (secondary N) is 1. The second-order valence-electron chi connectivity index (χ2n) is 7.50. The van der Waals surface area contributed by atoms with Crippen molar-refractivity contribution < 1.29 is 13.9 Å². The summed E-state index contributed by atoms with van der Waals surface area (Å²) in [4.78, 5) is 12.6. The number of thioether (sulfide) groups is 1. The molecule has 0 fully saturated rings. The monoisotopic (exact) mass is 496 g/mol. The van der Waals surface area contributed by atoms with Crippen molar-refractivity contribution in [1.82, 2.24) is 14.8 Å². The van der Waals surface area contributed by atoms with Crippen molar-refractivity contribution in [3.05, 3.63) is 95.0 Å². The number of nitrogens with zero attached hydrogens (tertiary/aromatic N) is 3. The lowest BCUT2D eigenvalue weighted by molar-refractivity contribution is -0.113. The first kappa shape index (κ1) is 23.8. The minimum atomic E-state index is -0.595. The molecule has 1 heterocycles. The number of halogens is 2. The molecule has 1 aromatic heterocycles. The van der Waals surface area contributed by atoms with E-state index in [1.807, 2.05) is 47.9 Å². The lowest BCUT2D eigenvalue weighted by Gasteiger charge is -2.17. The van der Waals surface area contributed by atoms with Gasteiger partial charge in [0.2, 0.25) is 5.91 Å². The summed E-state index contributed by atoms with van der Waals surface area (Å²) in [7, 11) is 0. The van der Waals surface area contributed by atoms with E-state index in [9.17, 15) is 9.18 Å². The third kappa shape index (κ3) is 5.58. The summed E-state index contributed by atoms with van der Waals surface area (Å²) in [6, 6.07) is 21.0. The van der Waals surface area contributed by atoms with Gasteiger partial charge in [0.1, 0.15) is 0 Å². The molecule has 0 radical (unpaired) electrons. The molecule has 0 aliphatic carbocycles. The van der Waals surface area contributed by atoms with Crippen molar-refractivity contribution >= 4 is 35.0 Å². The van der Waals surface area contributed by atoms with E-state index >= 15 is 0 Å². The lowest BCUT2D eigenvalue weighted by Crippen LogP contribution is -2.16. The molecule has 4 rings (SSSR count). The topological polar surface area (TPSA) is 69.0 Å². The van der Waals surface area contributed by atoms with Crippen LogP contribution in [-0.4, -0.2) is 26.4 Å². The molecule has 9 heteroatoms. The Morgan fingerprint density at radius 1 is 1.12 bits per heavy atom. The van der Waals surface area contributed by atoms with Crippen molar-refractivity contribution in [1.29, 1.82) is 0 Å². The third-order valence-electron chi connectivity index (χ3n) is 4.98. The minimum absolute atomic E-state index is 0.111. The van der Waals surface area contributed by atoms with Gasteiger partial charge >= 0.3 is 0 Å². The summed E-state index contributed by atoms with van der Waals surface area (Å²) >= 11 is 7.29. The smallest absolute Gasteiger partial charge is 0.234 e. The molecule has 34 heavy (non-hydrogen) atoms. The molecule has 1 amide bonds. The first-order chi connectivity index (χ1) is 16.4. The van der Waals surface area contributed by atoms with Crippen molar-refractivity contribution in [3.8, 4) is 11.4 Å². The molecular formula is C25H22ClFN4O2S. The molecule has 3 aromatic carbocycles. The lowest BCUT2D eigenvalue weighted by atomic mass is 10.2. The summed E-state index contributed by atoms with van der Waals surface area (Å²) < 4.78 is 21.8. The number of ether oxygens (including phenoxy) is 1. The Bertz CT molecular complexity index is 1300. The number of carbonyl (C=O) groups is 1. The first-order valence-corrected chi connectivity index (χ1v) is 11.9. The molecule has 174 valence electrons. The van der Waals surface area contributed by atoms with Crippen LogP contribution >= 0.6 is 23.4 Å². The molecule has 0 aliphatic rings. The van der Waals surface area contributed by atoms with E-state index in [2.05, 4.69) is 15.5 Å². The number of rotatable bonds is 8. The van der Waals surface area contributed by atoms with Gasteiger partial charge in [0.15, 0.2) is 28.7 Å². The van der Waals surface area contributed by atoms with Crippen LogP contribution in [0.2, 0.25) is 5.02 Å². The summed E-state index contributed by atoms with van der Waals surface area (Å²) in [5.74, 6) is 0.0726. The number of benzene rings is 3. The van der Waals surface area contributed by atoms with Crippen molar-refractivity contribution in [2.75, 3.05) is 11.1 Å². The van der Waals surface area contributed by atoms with Gasteiger partial charge in [-0.3, -0.25) is 9.36 Å². The molecule has 0 spiro atoms. The number of carbonyl (C=O) groups excluding carboxylic acids is 1. The van der Waals surface area contributed by atoms with Gasteiger partial charge in [-0.05, 0) is 55.8 Å². The van der Waals surface area contributed by atoms with E-state index in [4.69, 9.17) is 16.3 Å². The quantitative estimate of drug-likeness (QED) is 0.292. The summed E-state index contributed by atoms with van der Waals surface area (Å²) in [6.07, 6.45) is -0.595. The van der Waals surface area contributed by atoms with Gasteiger partial charge < -0.3 is 10.1 Å². The number of aryl methyl sites for hydroxylation is 1. The first-order valence-electron chi connectivity index (χ1n) is 10.5. The Kier molecular flexibility index (Phi) is 7.49. The number of hydrogen-bond donors (Lipinski definition) is 1. The van der Waals surface area contributed by atoms with Crippen LogP contribution in [0.15, 0.2) is 78.0 Å². The zero-order valence-electron chi connectivity index (χ0n) is 18.5. The molecule has 1 unspecified atom stereocenters. The molecule has 6 nitrogen and oxygen atoms in total. The number of hydrogen-bond acceptors (Lipinski definition) is 5. The van der Waals surface area contributed by atoms with Crippen LogP contribution in [-0.2, 0) is 4.79 Å². The van der Waals surface area contributed by atoms with Crippen LogP contribution in [0.25, 0.3) is 5.69 Å². The predicted molar refractivity (Wildman–Crippen MR) is 132 cm³/mol. The van der Waals surface area contributed by atoms with Crippen LogP contribution < -0.4 is 10.1 Å². The molecule has 4 aromatic rings. The Labute approximate surface area is 206 Å². The van der Waals surface area contributed by atoms with Crippen LogP contribution in [0.1, 0.15) is 24.4 Å². The third-order valence-corrected chi connectivity index (χ3v) is 6.15. The fourth-order valence-electron chi connectivity index (χ4n) is 3.29.